The number of amides is 1. The number of carbonyl (C=O) groups is 1. The van der Waals surface area contributed by atoms with Crippen LogP contribution in [0.1, 0.15) is 6.92 Å². The first-order valence-corrected chi connectivity index (χ1v) is 7.07. The van der Waals surface area contributed by atoms with Crippen molar-refractivity contribution in [2.24, 2.45) is 0 Å². The Morgan fingerprint density at radius 3 is 2.47 bits per heavy atom. The van der Waals surface area contributed by atoms with Gasteiger partial charge in [-0.15, -0.1) is 23.2 Å². The van der Waals surface area contributed by atoms with E-state index in [-0.39, 0.29) is 5.91 Å². The second-order valence-electron chi connectivity index (χ2n) is 3.22. The summed E-state index contributed by atoms with van der Waals surface area (Å²) in [6.07, 6.45) is 0. The van der Waals surface area contributed by atoms with Crippen molar-refractivity contribution in [2.75, 3.05) is 6.54 Å². The minimum Gasteiger partial charge on any atom is -0.354 e. The van der Waals surface area contributed by atoms with Gasteiger partial charge in [0.15, 0.2) is 0 Å². The molecule has 94 valence electrons. The maximum absolute atomic E-state index is 11.9. The van der Waals surface area contributed by atoms with Gasteiger partial charge in [-0.1, -0.05) is 41.6 Å². The van der Waals surface area contributed by atoms with E-state index in [1.54, 1.807) is 6.92 Å². The van der Waals surface area contributed by atoms with E-state index >= 15 is 0 Å². The number of nitrogens with one attached hydrogen (secondary N) is 1. The third-order valence-corrected chi connectivity index (χ3v) is 4.92. The Balaban J connectivity index is 2.89. The van der Waals surface area contributed by atoms with E-state index in [1.807, 2.05) is 30.3 Å². The minimum absolute atomic E-state index is 0.384. The number of hydrogen-bond acceptors (Lipinski definition) is 2. The molecule has 1 rings (SSSR count). The van der Waals surface area contributed by atoms with Crippen LogP contribution in [0.25, 0.3) is 0 Å². The first-order valence-electron chi connectivity index (χ1n) is 5.00. The lowest BCUT2D eigenvalue weighted by Gasteiger charge is -2.26. The molecule has 0 radical (unpaired) electrons. The number of carbonyl (C=O) groups excluding carboxylic acids is 1. The minimum atomic E-state index is -1.42. The van der Waals surface area contributed by atoms with Gasteiger partial charge in [0.2, 0.25) is 4.21 Å². The first-order chi connectivity index (χ1) is 8.00. The maximum atomic E-state index is 11.9. The molecule has 1 aromatic rings. The van der Waals surface area contributed by atoms with Crippen molar-refractivity contribution in [3.8, 4) is 0 Å². The highest BCUT2D eigenvalue weighted by molar-refractivity contribution is 8.03. The van der Waals surface area contributed by atoms with Gasteiger partial charge < -0.3 is 5.32 Å². The van der Waals surface area contributed by atoms with E-state index in [4.69, 9.17) is 34.8 Å². The molecule has 1 atom stereocenters. The Hall–Kier alpha value is -0.0900. The monoisotopic (exact) mass is 311 g/mol. The van der Waals surface area contributed by atoms with Gasteiger partial charge in [0.25, 0.3) is 5.91 Å². The molecule has 1 amide bonds. The molecule has 2 nitrogen and oxygen atoms in total. The van der Waals surface area contributed by atoms with Crippen LogP contribution < -0.4 is 5.32 Å². The SMILES string of the molecule is CCNC(=O)C(Cl)(Sc1ccccc1)C(Cl)Cl. The van der Waals surface area contributed by atoms with E-state index < -0.39 is 9.04 Å². The summed E-state index contributed by atoms with van der Waals surface area (Å²) in [6, 6.07) is 9.28. The highest BCUT2D eigenvalue weighted by Gasteiger charge is 2.43. The highest BCUT2D eigenvalue weighted by atomic mass is 35.5. The topological polar surface area (TPSA) is 29.1 Å². The third-order valence-electron chi connectivity index (χ3n) is 1.94. The molecule has 0 spiro atoms. The summed E-state index contributed by atoms with van der Waals surface area (Å²) in [5.41, 5.74) is 0. The quantitative estimate of drug-likeness (QED) is 0.664. The van der Waals surface area contributed by atoms with Crippen LogP contribution in [0.5, 0.6) is 0 Å². The summed E-state index contributed by atoms with van der Waals surface area (Å²) < 4.78 is -1.42. The van der Waals surface area contributed by atoms with Crippen molar-refractivity contribution in [1.82, 2.24) is 5.32 Å². The van der Waals surface area contributed by atoms with Gasteiger partial charge in [0.05, 0.1) is 0 Å². The van der Waals surface area contributed by atoms with Gasteiger partial charge >= 0.3 is 0 Å². The summed E-state index contributed by atoms with van der Waals surface area (Å²) in [5.74, 6) is -0.384. The number of thioether (sulfide) groups is 1. The van der Waals surface area contributed by atoms with Gasteiger partial charge in [0.1, 0.15) is 4.84 Å². The zero-order valence-corrected chi connectivity index (χ0v) is 12.2. The summed E-state index contributed by atoms with van der Waals surface area (Å²) in [7, 11) is 0. The van der Waals surface area contributed by atoms with Crippen molar-refractivity contribution in [1.29, 1.82) is 0 Å². The average molecular weight is 313 g/mol. The van der Waals surface area contributed by atoms with E-state index in [1.165, 1.54) is 0 Å². The summed E-state index contributed by atoms with van der Waals surface area (Å²) in [6.45, 7) is 2.28. The summed E-state index contributed by atoms with van der Waals surface area (Å²) in [5, 5.41) is 2.63. The molecular formula is C11H12Cl3NOS. The van der Waals surface area contributed by atoms with Crippen molar-refractivity contribution in [2.45, 2.75) is 20.9 Å². The molecule has 1 aromatic carbocycles. The Bertz CT molecular complexity index is 374. The third kappa shape index (κ3) is 3.95. The van der Waals surface area contributed by atoms with Crippen LogP contribution in [0.15, 0.2) is 35.2 Å². The standard InChI is InChI=1S/C11H12Cl3NOS/c1-2-15-10(16)11(14,9(12)13)17-8-6-4-3-5-7-8/h3-7,9H,2H2,1H3,(H,15,16). The smallest absolute Gasteiger partial charge is 0.254 e. The molecule has 0 fully saturated rings. The second-order valence-corrected chi connectivity index (χ2v) is 6.46. The average Bonchev–Trinajstić information content (AvgIpc) is 2.30. The molecule has 0 aliphatic rings. The van der Waals surface area contributed by atoms with Crippen molar-refractivity contribution in [3.63, 3.8) is 0 Å². The lowest BCUT2D eigenvalue weighted by molar-refractivity contribution is -0.121. The maximum Gasteiger partial charge on any atom is 0.254 e. The predicted molar refractivity (Wildman–Crippen MR) is 75.1 cm³/mol. The molecule has 0 aliphatic carbocycles. The fourth-order valence-electron chi connectivity index (χ4n) is 1.13. The Morgan fingerprint density at radius 1 is 1.41 bits per heavy atom. The molecule has 17 heavy (non-hydrogen) atoms. The molecule has 0 aliphatic heterocycles. The van der Waals surface area contributed by atoms with Crippen LogP contribution in [-0.4, -0.2) is 21.5 Å². The van der Waals surface area contributed by atoms with Gasteiger partial charge in [-0.05, 0) is 19.1 Å². The van der Waals surface area contributed by atoms with Crippen molar-refractivity contribution < 1.29 is 4.79 Å². The lowest BCUT2D eigenvalue weighted by atomic mass is 10.4. The fourth-order valence-corrected chi connectivity index (χ4v) is 2.82. The van der Waals surface area contributed by atoms with Gasteiger partial charge in [-0.3, -0.25) is 4.79 Å². The van der Waals surface area contributed by atoms with Crippen LogP contribution in [0.2, 0.25) is 0 Å². The first kappa shape index (κ1) is 15.0. The molecule has 0 saturated carbocycles. The Morgan fingerprint density at radius 2 is 2.00 bits per heavy atom. The number of benzene rings is 1. The second kappa shape index (κ2) is 6.74. The molecule has 0 saturated heterocycles. The van der Waals surface area contributed by atoms with Crippen molar-refractivity contribution >= 4 is 52.5 Å². The number of hydrogen-bond donors (Lipinski definition) is 1. The van der Waals surface area contributed by atoms with Gasteiger partial charge in [-0.25, -0.2) is 0 Å². The van der Waals surface area contributed by atoms with E-state index in [0.29, 0.717) is 6.54 Å². The van der Waals surface area contributed by atoms with Crippen molar-refractivity contribution in [3.05, 3.63) is 30.3 Å². The van der Waals surface area contributed by atoms with Crippen LogP contribution in [-0.2, 0) is 4.79 Å². The summed E-state index contributed by atoms with van der Waals surface area (Å²) >= 11 is 19.0. The zero-order valence-electron chi connectivity index (χ0n) is 9.12. The molecule has 6 heteroatoms. The molecule has 0 aromatic heterocycles. The predicted octanol–water partition coefficient (Wildman–Crippen LogP) is 3.65. The lowest BCUT2D eigenvalue weighted by Crippen LogP contribution is -2.44. The van der Waals surface area contributed by atoms with Crippen LogP contribution >= 0.6 is 46.6 Å². The van der Waals surface area contributed by atoms with E-state index in [0.717, 1.165) is 16.7 Å². The largest absolute Gasteiger partial charge is 0.354 e. The van der Waals surface area contributed by atoms with Crippen LogP contribution in [0.4, 0.5) is 0 Å². The number of rotatable bonds is 5. The van der Waals surface area contributed by atoms with Crippen LogP contribution in [0, 0.1) is 0 Å². The Kier molecular flexibility index (Phi) is 5.93. The number of halogens is 3. The van der Waals surface area contributed by atoms with Crippen LogP contribution in [0.3, 0.4) is 0 Å². The van der Waals surface area contributed by atoms with Gasteiger partial charge in [-0.2, -0.15) is 0 Å². The normalized spacial score (nSPS) is 14.4. The Labute approximate surface area is 120 Å². The molecule has 0 heterocycles. The highest BCUT2D eigenvalue weighted by Crippen LogP contribution is 2.43. The molecule has 0 bridgehead atoms. The molecule has 1 unspecified atom stereocenters. The number of alkyl halides is 3. The molecule has 1 N–H and O–H groups in total. The van der Waals surface area contributed by atoms with Gasteiger partial charge in [0, 0.05) is 11.4 Å². The fraction of sp³-hybridized carbons (Fsp3) is 0.364. The van der Waals surface area contributed by atoms with E-state index in [2.05, 4.69) is 5.32 Å². The molecular weight excluding hydrogens is 301 g/mol. The summed E-state index contributed by atoms with van der Waals surface area (Å²) in [4.78, 5) is 11.7. The zero-order chi connectivity index (χ0) is 12.9. The van der Waals surface area contributed by atoms with E-state index in [9.17, 15) is 4.79 Å².